The molecule has 0 heterocycles. The molecule has 3 unspecified atom stereocenters. The number of ether oxygens (including phenoxy) is 1. The number of carboxylic acids is 1. The van der Waals surface area contributed by atoms with Crippen LogP contribution in [-0.4, -0.2) is 36.7 Å². The molecule has 2 N–H and O–H groups in total. The summed E-state index contributed by atoms with van der Waals surface area (Å²) in [6.07, 6.45) is 3.80. The Labute approximate surface area is 114 Å². The average Bonchev–Trinajstić information content (AvgIpc) is 2.76. The van der Waals surface area contributed by atoms with E-state index in [0.717, 1.165) is 6.42 Å². The molecule has 0 aliphatic heterocycles. The third-order valence-electron chi connectivity index (χ3n) is 3.46. The first-order valence-electron chi connectivity index (χ1n) is 6.75. The summed E-state index contributed by atoms with van der Waals surface area (Å²) in [5, 5.41) is 11.9. The van der Waals surface area contributed by atoms with E-state index in [2.05, 4.69) is 11.9 Å². The molecular weight excluding hydrogens is 246 g/mol. The van der Waals surface area contributed by atoms with Gasteiger partial charge in [-0.15, -0.1) is 6.58 Å². The molecule has 1 aliphatic rings. The zero-order chi connectivity index (χ0) is 14.3. The van der Waals surface area contributed by atoms with Crippen molar-refractivity contribution in [3.05, 3.63) is 12.7 Å². The smallest absolute Gasteiger partial charge is 0.307 e. The quantitative estimate of drug-likeness (QED) is 0.516. The maximum atomic E-state index is 11.9. The Morgan fingerprint density at radius 3 is 2.68 bits per heavy atom. The number of amides is 1. The van der Waals surface area contributed by atoms with Crippen molar-refractivity contribution in [2.75, 3.05) is 19.8 Å². The predicted molar refractivity (Wildman–Crippen MR) is 71.7 cm³/mol. The Morgan fingerprint density at radius 2 is 2.05 bits per heavy atom. The van der Waals surface area contributed by atoms with Gasteiger partial charge in [-0.05, 0) is 25.2 Å². The molecule has 0 bridgehead atoms. The monoisotopic (exact) mass is 269 g/mol. The van der Waals surface area contributed by atoms with Crippen molar-refractivity contribution in [3.8, 4) is 0 Å². The summed E-state index contributed by atoms with van der Waals surface area (Å²) >= 11 is 0. The highest BCUT2D eigenvalue weighted by molar-refractivity contribution is 5.85. The molecule has 0 aromatic heterocycles. The van der Waals surface area contributed by atoms with Crippen LogP contribution in [0.5, 0.6) is 0 Å². The van der Waals surface area contributed by atoms with Gasteiger partial charge in [0.05, 0.1) is 25.0 Å². The minimum Gasteiger partial charge on any atom is -0.481 e. The lowest BCUT2D eigenvalue weighted by Gasteiger charge is -2.15. The summed E-state index contributed by atoms with van der Waals surface area (Å²) in [5.74, 6) is -1.69. The van der Waals surface area contributed by atoms with Gasteiger partial charge >= 0.3 is 5.97 Å². The van der Waals surface area contributed by atoms with Crippen LogP contribution in [0.1, 0.15) is 26.2 Å². The molecule has 1 saturated carbocycles. The van der Waals surface area contributed by atoms with Crippen LogP contribution in [0.3, 0.4) is 0 Å². The van der Waals surface area contributed by atoms with Crippen molar-refractivity contribution >= 4 is 11.9 Å². The lowest BCUT2D eigenvalue weighted by atomic mass is 9.95. The number of carboxylic acid groups (broad SMARTS) is 1. The first-order valence-corrected chi connectivity index (χ1v) is 6.75. The van der Waals surface area contributed by atoms with E-state index in [1.165, 1.54) is 0 Å². The van der Waals surface area contributed by atoms with Crippen molar-refractivity contribution in [2.45, 2.75) is 26.2 Å². The largest absolute Gasteiger partial charge is 0.481 e. The number of carbonyl (C=O) groups is 2. The summed E-state index contributed by atoms with van der Waals surface area (Å²) in [5.41, 5.74) is 0. The van der Waals surface area contributed by atoms with E-state index in [4.69, 9.17) is 9.84 Å². The average molecular weight is 269 g/mol. The molecule has 0 saturated heterocycles. The van der Waals surface area contributed by atoms with Crippen LogP contribution in [0.2, 0.25) is 0 Å². The molecule has 108 valence electrons. The topological polar surface area (TPSA) is 75.6 Å². The predicted octanol–water partition coefficient (Wildman–Crippen LogP) is 1.44. The van der Waals surface area contributed by atoms with Gasteiger partial charge in [-0.25, -0.2) is 0 Å². The molecule has 3 atom stereocenters. The molecule has 1 amide bonds. The number of carbonyl (C=O) groups excluding carboxylic acids is 1. The normalized spacial score (nSPS) is 26.1. The Balaban J connectivity index is 2.28. The zero-order valence-electron chi connectivity index (χ0n) is 11.4. The van der Waals surface area contributed by atoms with Gasteiger partial charge in [-0.1, -0.05) is 13.0 Å². The second-order valence-electron chi connectivity index (χ2n) is 5.11. The lowest BCUT2D eigenvalue weighted by Crippen LogP contribution is -2.36. The molecule has 5 heteroatoms. The van der Waals surface area contributed by atoms with E-state index < -0.39 is 17.8 Å². The maximum Gasteiger partial charge on any atom is 0.307 e. The number of hydrogen-bond donors (Lipinski definition) is 2. The summed E-state index contributed by atoms with van der Waals surface area (Å²) in [6.45, 7) is 7.04. The molecule has 0 spiro atoms. The molecule has 1 aliphatic carbocycles. The second-order valence-corrected chi connectivity index (χ2v) is 5.11. The first-order chi connectivity index (χ1) is 9.06. The fourth-order valence-corrected chi connectivity index (χ4v) is 2.50. The molecule has 19 heavy (non-hydrogen) atoms. The fraction of sp³-hybridized carbons (Fsp3) is 0.714. The van der Waals surface area contributed by atoms with Crippen molar-refractivity contribution < 1.29 is 19.4 Å². The highest BCUT2D eigenvalue weighted by atomic mass is 16.5. The Hall–Kier alpha value is -1.36. The molecule has 0 aromatic rings. The third-order valence-corrected chi connectivity index (χ3v) is 3.46. The van der Waals surface area contributed by atoms with Crippen LogP contribution in [0.15, 0.2) is 12.7 Å². The molecule has 5 nitrogen and oxygen atoms in total. The Bertz CT molecular complexity index is 329. The van der Waals surface area contributed by atoms with Gasteiger partial charge in [-0.3, -0.25) is 9.59 Å². The number of hydrogen-bond acceptors (Lipinski definition) is 3. The van der Waals surface area contributed by atoms with E-state index in [-0.39, 0.29) is 5.91 Å². The van der Waals surface area contributed by atoms with Gasteiger partial charge in [0.25, 0.3) is 0 Å². The maximum absolute atomic E-state index is 11.9. The molecule has 1 fully saturated rings. The minimum absolute atomic E-state index is 0.163. The van der Waals surface area contributed by atoms with Crippen molar-refractivity contribution in [1.82, 2.24) is 5.32 Å². The number of rotatable bonds is 8. The Morgan fingerprint density at radius 1 is 1.37 bits per heavy atom. The second kappa shape index (κ2) is 7.94. The van der Waals surface area contributed by atoms with Crippen molar-refractivity contribution in [1.29, 1.82) is 0 Å². The van der Waals surface area contributed by atoms with Crippen molar-refractivity contribution in [3.63, 3.8) is 0 Å². The van der Waals surface area contributed by atoms with Crippen LogP contribution in [-0.2, 0) is 14.3 Å². The third kappa shape index (κ3) is 5.03. The summed E-state index contributed by atoms with van der Waals surface area (Å²) in [7, 11) is 0. The summed E-state index contributed by atoms with van der Waals surface area (Å²) in [4.78, 5) is 23.0. The van der Waals surface area contributed by atoms with Gasteiger partial charge in [-0.2, -0.15) is 0 Å². The van der Waals surface area contributed by atoms with Gasteiger partial charge < -0.3 is 15.2 Å². The zero-order valence-corrected chi connectivity index (χ0v) is 11.4. The van der Waals surface area contributed by atoms with Crippen molar-refractivity contribution in [2.24, 2.45) is 17.8 Å². The van der Waals surface area contributed by atoms with E-state index in [0.29, 0.717) is 38.5 Å². The molecule has 0 radical (unpaired) electrons. The van der Waals surface area contributed by atoms with Gasteiger partial charge in [0.15, 0.2) is 0 Å². The first kappa shape index (κ1) is 15.7. The standard InChI is InChI=1S/C14H23NO4/c1-3-4-6-19-7-5-15-13(16)11-8-10(2)9-12(11)14(17)18/h3,10-12H,1,4-9H2,2H3,(H,15,16)(H,17,18). The summed E-state index contributed by atoms with van der Waals surface area (Å²) < 4.78 is 5.28. The fourth-order valence-electron chi connectivity index (χ4n) is 2.50. The van der Waals surface area contributed by atoms with Crippen LogP contribution >= 0.6 is 0 Å². The van der Waals surface area contributed by atoms with Crippen LogP contribution in [0, 0.1) is 17.8 Å². The minimum atomic E-state index is -0.869. The molecule has 0 aromatic carbocycles. The Kier molecular flexibility index (Phi) is 6.56. The van der Waals surface area contributed by atoms with E-state index in [1.54, 1.807) is 6.08 Å². The van der Waals surface area contributed by atoms with E-state index in [9.17, 15) is 9.59 Å². The van der Waals surface area contributed by atoms with Crippen LogP contribution in [0.25, 0.3) is 0 Å². The van der Waals surface area contributed by atoms with Gasteiger partial charge in [0.1, 0.15) is 0 Å². The highest BCUT2D eigenvalue weighted by Gasteiger charge is 2.40. The van der Waals surface area contributed by atoms with Gasteiger partial charge in [0.2, 0.25) is 5.91 Å². The molecule has 1 rings (SSSR count). The lowest BCUT2D eigenvalue weighted by molar-refractivity contribution is -0.146. The summed E-state index contributed by atoms with van der Waals surface area (Å²) in [6, 6.07) is 0. The van der Waals surface area contributed by atoms with E-state index >= 15 is 0 Å². The number of nitrogens with one attached hydrogen (secondary N) is 1. The van der Waals surface area contributed by atoms with Crippen LogP contribution < -0.4 is 5.32 Å². The molecular formula is C14H23NO4. The van der Waals surface area contributed by atoms with Gasteiger partial charge in [0, 0.05) is 6.54 Å². The SMILES string of the molecule is C=CCCOCCNC(=O)C1CC(C)CC1C(=O)O. The number of aliphatic carboxylic acids is 1. The van der Waals surface area contributed by atoms with Crippen LogP contribution in [0.4, 0.5) is 0 Å². The van der Waals surface area contributed by atoms with E-state index in [1.807, 2.05) is 6.92 Å². The highest BCUT2D eigenvalue weighted by Crippen LogP contribution is 2.36.